The van der Waals surface area contributed by atoms with Gasteiger partial charge in [-0.05, 0) is 48.7 Å². The average Bonchev–Trinajstić information content (AvgIpc) is 3.58. The number of benzene rings is 2. The third-order valence-corrected chi connectivity index (χ3v) is 6.17. The SMILES string of the molecule is COc1ccc(CN2CCN(C(=O)c3cc(C4CC4)nn3-c3ccccc3)CC2)cc1. The maximum atomic E-state index is 13.4. The highest BCUT2D eigenvalue weighted by Gasteiger charge is 2.31. The van der Waals surface area contributed by atoms with Gasteiger partial charge in [-0.25, -0.2) is 4.68 Å². The minimum Gasteiger partial charge on any atom is -0.497 e. The fourth-order valence-electron chi connectivity index (χ4n) is 4.16. The van der Waals surface area contributed by atoms with Crippen molar-refractivity contribution in [3.63, 3.8) is 0 Å². The van der Waals surface area contributed by atoms with E-state index in [1.807, 2.05) is 58.1 Å². The first kappa shape index (κ1) is 19.8. The Morgan fingerprint density at radius 2 is 1.71 bits per heavy atom. The van der Waals surface area contributed by atoms with Gasteiger partial charge in [0.1, 0.15) is 11.4 Å². The molecule has 1 saturated heterocycles. The normalized spacial score (nSPS) is 17.0. The van der Waals surface area contributed by atoms with Crippen LogP contribution in [0, 0.1) is 0 Å². The number of para-hydroxylation sites is 1. The molecule has 0 atom stereocenters. The number of hydrogen-bond acceptors (Lipinski definition) is 4. The van der Waals surface area contributed by atoms with Crippen LogP contribution in [0.25, 0.3) is 5.69 Å². The van der Waals surface area contributed by atoms with E-state index in [-0.39, 0.29) is 5.91 Å². The molecule has 6 heteroatoms. The van der Waals surface area contributed by atoms with Crippen molar-refractivity contribution in [1.29, 1.82) is 0 Å². The van der Waals surface area contributed by atoms with Gasteiger partial charge in [-0.3, -0.25) is 9.69 Å². The van der Waals surface area contributed by atoms with Gasteiger partial charge in [0.15, 0.2) is 0 Å². The molecular weight excluding hydrogens is 388 g/mol. The van der Waals surface area contributed by atoms with E-state index in [1.165, 1.54) is 18.4 Å². The molecule has 0 radical (unpaired) electrons. The van der Waals surface area contributed by atoms with Crippen LogP contribution in [-0.2, 0) is 6.54 Å². The van der Waals surface area contributed by atoms with Gasteiger partial charge >= 0.3 is 0 Å². The summed E-state index contributed by atoms with van der Waals surface area (Å²) >= 11 is 0. The highest BCUT2D eigenvalue weighted by Crippen LogP contribution is 2.40. The van der Waals surface area contributed by atoms with Crippen molar-refractivity contribution in [2.24, 2.45) is 0 Å². The molecule has 5 rings (SSSR count). The minimum atomic E-state index is 0.0763. The molecule has 0 unspecified atom stereocenters. The first-order valence-electron chi connectivity index (χ1n) is 11.0. The molecule has 2 fully saturated rings. The molecule has 1 aliphatic carbocycles. The number of nitrogens with zero attached hydrogens (tertiary/aromatic N) is 4. The van der Waals surface area contributed by atoms with Gasteiger partial charge in [0.25, 0.3) is 5.91 Å². The molecule has 1 saturated carbocycles. The summed E-state index contributed by atoms with van der Waals surface area (Å²) in [7, 11) is 1.68. The highest BCUT2D eigenvalue weighted by atomic mass is 16.5. The van der Waals surface area contributed by atoms with Crippen LogP contribution in [0.3, 0.4) is 0 Å². The van der Waals surface area contributed by atoms with E-state index in [0.29, 0.717) is 11.6 Å². The lowest BCUT2D eigenvalue weighted by Gasteiger charge is -2.34. The zero-order chi connectivity index (χ0) is 21.2. The molecule has 0 N–H and O–H groups in total. The Morgan fingerprint density at radius 1 is 1.00 bits per heavy atom. The van der Waals surface area contributed by atoms with E-state index in [9.17, 15) is 4.79 Å². The zero-order valence-corrected chi connectivity index (χ0v) is 17.9. The smallest absolute Gasteiger partial charge is 0.272 e. The van der Waals surface area contributed by atoms with Crippen molar-refractivity contribution in [3.05, 3.63) is 77.6 Å². The maximum Gasteiger partial charge on any atom is 0.272 e. The molecule has 0 spiro atoms. The van der Waals surface area contributed by atoms with Crippen molar-refractivity contribution in [1.82, 2.24) is 19.6 Å². The second-order valence-corrected chi connectivity index (χ2v) is 8.39. The number of piperazine rings is 1. The fraction of sp³-hybridized carbons (Fsp3) is 0.360. The first-order chi connectivity index (χ1) is 15.2. The number of methoxy groups -OCH3 is 1. The number of rotatable bonds is 6. The zero-order valence-electron chi connectivity index (χ0n) is 17.9. The molecule has 31 heavy (non-hydrogen) atoms. The molecule has 2 aromatic carbocycles. The van der Waals surface area contributed by atoms with Gasteiger partial charge in [-0.2, -0.15) is 5.10 Å². The van der Waals surface area contributed by atoms with Crippen molar-refractivity contribution >= 4 is 5.91 Å². The van der Waals surface area contributed by atoms with Crippen molar-refractivity contribution < 1.29 is 9.53 Å². The van der Waals surface area contributed by atoms with Crippen LogP contribution in [0.1, 0.15) is 40.5 Å². The molecule has 6 nitrogen and oxygen atoms in total. The molecule has 2 heterocycles. The van der Waals surface area contributed by atoms with Gasteiger partial charge in [-0.15, -0.1) is 0 Å². The quantitative estimate of drug-likeness (QED) is 0.615. The molecule has 1 amide bonds. The monoisotopic (exact) mass is 416 g/mol. The summed E-state index contributed by atoms with van der Waals surface area (Å²) in [6.07, 6.45) is 2.34. The molecule has 0 bridgehead atoms. The Bertz CT molecular complexity index is 1030. The molecule has 1 aromatic heterocycles. The highest BCUT2D eigenvalue weighted by molar-refractivity contribution is 5.93. The molecule has 1 aliphatic heterocycles. The van der Waals surface area contributed by atoms with Crippen molar-refractivity contribution in [2.45, 2.75) is 25.3 Å². The topological polar surface area (TPSA) is 50.6 Å². The summed E-state index contributed by atoms with van der Waals surface area (Å²) in [5.41, 5.74) is 3.93. The predicted molar refractivity (Wildman–Crippen MR) is 120 cm³/mol. The van der Waals surface area contributed by atoms with E-state index in [1.54, 1.807) is 7.11 Å². The first-order valence-corrected chi connectivity index (χ1v) is 11.0. The van der Waals surface area contributed by atoms with E-state index in [2.05, 4.69) is 17.0 Å². The number of aromatic nitrogens is 2. The molecular formula is C25H28N4O2. The number of ether oxygens (including phenoxy) is 1. The van der Waals surface area contributed by atoms with Gasteiger partial charge in [0.2, 0.25) is 0 Å². The summed E-state index contributed by atoms with van der Waals surface area (Å²) in [5.74, 6) is 1.46. The number of carbonyl (C=O) groups excluding carboxylic acids is 1. The molecule has 160 valence electrons. The van der Waals surface area contributed by atoms with Gasteiger partial charge in [-0.1, -0.05) is 30.3 Å². The van der Waals surface area contributed by atoms with Gasteiger partial charge in [0, 0.05) is 38.6 Å². The summed E-state index contributed by atoms with van der Waals surface area (Å²) in [5, 5.41) is 4.79. The van der Waals surface area contributed by atoms with Crippen LogP contribution < -0.4 is 4.74 Å². The van der Waals surface area contributed by atoms with Crippen LogP contribution in [0.5, 0.6) is 5.75 Å². The van der Waals surface area contributed by atoms with Crippen LogP contribution in [0.2, 0.25) is 0 Å². The second kappa shape index (κ2) is 8.55. The number of carbonyl (C=O) groups is 1. The average molecular weight is 417 g/mol. The van der Waals surface area contributed by atoms with E-state index < -0.39 is 0 Å². The van der Waals surface area contributed by atoms with Crippen LogP contribution >= 0.6 is 0 Å². The summed E-state index contributed by atoms with van der Waals surface area (Å²) in [4.78, 5) is 17.8. The third kappa shape index (κ3) is 4.35. The van der Waals surface area contributed by atoms with Crippen LogP contribution in [0.15, 0.2) is 60.7 Å². The van der Waals surface area contributed by atoms with E-state index in [0.717, 1.165) is 49.9 Å². The third-order valence-electron chi connectivity index (χ3n) is 6.17. The summed E-state index contributed by atoms with van der Waals surface area (Å²) in [6.45, 7) is 4.08. The second-order valence-electron chi connectivity index (χ2n) is 8.39. The minimum absolute atomic E-state index is 0.0763. The Labute approximate surface area is 183 Å². The largest absolute Gasteiger partial charge is 0.497 e. The number of amides is 1. The fourth-order valence-corrected chi connectivity index (χ4v) is 4.16. The predicted octanol–water partition coefficient (Wildman–Crippen LogP) is 3.72. The van der Waals surface area contributed by atoms with Crippen molar-refractivity contribution in [2.75, 3.05) is 33.3 Å². The lowest BCUT2D eigenvalue weighted by Crippen LogP contribution is -2.48. The Kier molecular flexibility index (Phi) is 5.47. The number of hydrogen-bond donors (Lipinski definition) is 0. The van der Waals surface area contributed by atoms with Gasteiger partial charge in [0.05, 0.1) is 18.5 Å². The van der Waals surface area contributed by atoms with Crippen molar-refractivity contribution in [3.8, 4) is 11.4 Å². The van der Waals surface area contributed by atoms with Gasteiger partial charge < -0.3 is 9.64 Å². The lowest BCUT2D eigenvalue weighted by molar-refractivity contribution is 0.0619. The standard InChI is InChI=1S/C25H28N4O2/c1-31-22-11-7-19(8-12-22)18-27-13-15-28(16-14-27)25(30)24-17-23(20-9-10-20)26-29(24)21-5-3-2-4-6-21/h2-8,11-12,17,20H,9-10,13-16,18H2,1H3. The summed E-state index contributed by atoms with van der Waals surface area (Å²) in [6, 6.07) is 20.2. The van der Waals surface area contributed by atoms with E-state index >= 15 is 0 Å². The Balaban J connectivity index is 1.27. The van der Waals surface area contributed by atoms with E-state index in [4.69, 9.17) is 9.84 Å². The maximum absolute atomic E-state index is 13.4. The molecule has 3 aromatic rings. The Hall–Kier alpha value is -3.12. The van der Waals surface area contributed by atoms with Crippen LogP contribution in [-0.4, -0.2) is 58.8 Å². The Morgan fingerprint density at radius 3 is 2.35 bits per heavy atom. The lowest BCUT2D eigenvalue weighted by atomic mass is 10.2. The molecule has 2 aliphatic rings. The summed E-state index contributed by atoms with van der Waals surface area (Å²) < 4.78 is 7.07. The van der Waals surface area contributed by atoms with Crippen LogP contribution in [0.4, 0.5) is 0 Å².